The molecule has 0 aromatic carbocycles. The standard InChI is InChI=1S/C13H17N3O2/c1-9-4-5-10(18-9)8-16(2)13-11(14)6-7-12(15-13)17-3/h4-7H,8,14H2,1-3H3. The highest BCUT2D eigenvalue weighted by Gasteiger charge is 2.11. The van der Waals surface area contributed by atoms with Gasteiger partial charge in [-0.15, -0.1) is 0 Å². The number of hydrogen-bond acceptors (Lipinski definition) is 5. The minimum atomic E-state index is 0.543. The van der Waals surface area contributed by atoms with Gasteiger partial charge in [0.15, 0.2) is 5.82 Å². The summed E-state index contributed by atoms with van der Waals surface area (Å²) in [5.74, 6) is 2.99. The number of aryl methyl sites for hydroxylation is 1. The van der Waals surface area contributed by atoms with Gasteiger partial charge in [-0.3, -0.25) is 0 Å². The summed E-state index contributed by atoms with van der Waals surface area (Å²) in [4.78, 5) is 6.26. The molecule has 0 fully saturated rings. The summed E-state index contributed by atoms with van der Waals surface area (Å²) in [5, 5.41) is 0. The van der Waals surface area contributed by atoms with Crippen molar-refractivity contribution in [3.05, 3.63) is 35.8 Å². The zero-order valence-corrected chi connectivity index (χ0v) is 10.8. The molecule has 0 aliphatic rings. The second-order valence-electron chi connectivity index (χ2n) is 4.13. The van der Waals surface area contributed by atoms with Crippen molar-refractivity contribution >= 4 is 11.5 Å². The molecule has 0 atom stereocenters. The van der Waals surface area contributed by atoms with Gasteiger partial charge in [0.2, 0.25) is 5.88 Å². The maximum atomic E-state index is 5.91. The molecule has 18 heavy (non-hydrogen) atoms. The molecule has 2 N–H and O–H groups in total. The molecular formula is C13H17N3O2. The number of pyridine rings is 1. The Morgan fingerprint density at radius 3 is 2.72 bits per heavy atom. The average molecular weight is 247 g/mol. The van der Waals surface area contributed by atoms with Crippen LogP contribution < -0.4 is 15.4 Å². The number of anilines is 2. The molecule has 2 heterocycles. The third kappa shape index (κ3) is 2.56. The number of nitrogens with zero attached hydrogens (tertiary/aromatic N) is 2. The highest BCUT2D eigenvalue weighted by Crippen LogP contribution is 2.24. The van der Waals surface area contributed by atoms with Crippen molar-refractivity contribution in [1.82, 2.24) is 4.98 Å². The van der Waals surface area contributed by atoms with E-state index in [4.69, 9.17) is 14.9 Å². The Labute approximate surface area is 106 Å². The van der Waals surface area contributed by atoms with Gasteiger partial charge in [-0.05, 0) is 25.1 Å². The van der Waals surface area contributed by atoms with Gasteiger partial charge in [-0.25, -0.2) is 0 Å². The van der Waals surface area contributed by atoms with Gasteiger partial charge in [0.1, 0.15) is 11.5 Å². The first-order valence-electron chi connectivity index (χ1n) is 5.67. The van der Waals surface area contributed by atoms with Crippen molar-refractivity contribution in [2.75, 3.05) is 24.8 Å². The van der Waals surface area contributed by atoms with E-state index in [-0.39, 0.29) is 0 Å². The van der Waals surface area contributed by atoms with Crippen LogP contribution in [0.4, 0.5) is 11.5 Å². The molecule has 0 radical (unpaired) electrons. The van der Waals surface area contributed by atoms with Crippen LogP contribution in [0.3, 0.4) is 0 Å². The molecule has 5 heteroatoms. The van der Waals surface area contributed by atoms with Crippen molar-refractivity contribution < 1.29 is 9.15 Å². The Kier molecular flexibility index (Phi) is 3.41. The minimum Gasteiger partial charge on any atom is -0.481 e. The molecule has 2 aromatic heterocycles. The summed E-state index contributed by atoms with van der Waals surface area (Å²) >= 11 is 0. The fourth-order valence-electron chi connectivity index (χ4n) is 1.74. The normalized spacial score (nSPS) is 10.4. The summed E-state index contributed by atoms with van der Waals surface area (Å²) in [5.41, 5.74) is 6.53. The molecular weight excluding hydrogens is 230 g/mol. The predicted molar refractivity (Wildman–Crippen MR) is 70.8 cm³/mol. The molecule has 0 aliphatic carbocycles. The third-order valence-corrected chi connectivity index (χ3v) is 2.64. The number of methoxy groups -OCH3 is 1. The van der Waals surface area contributed by atoms with Gasteiger partial charge in [0.05, 0.1) is 19.3 Å². The lowest BCUT2D eigenvalue weighted by Crippen LogP contribution is -2.19. The number of ether oxygens (including phenoxy) is 1. The van der Waals surface area contributed by atoms with Gasteiger partial charge >= 0.3 is 0 Å². The zero-order valence-electron chi connectivity index (χ0n) is 10.8. The summed E-state index contributed by atoms with van der Waals surface area (Å²) in [6, 6.07) is 7.41. The first-order valence-corrected chi connectivity index (χ1v) is 5.67. The van der Waals surface area contributed by atoms with Crippen molar-refractivity contribution in [1.29, 1.82) is 0 Å². The van der Waals surface area contributed by atoms with Gasteiger partial charge in [0, 0.05) is 13.1 Å². The van der Waals surface area contributed by atoms with E-state index in [0.29, 0.717) is 23.9 Å². The fraction of sp³-hybridized carbons (Fsp3) is 0.308. The Bertz CT molecular complexity index is 537. The minimum absolute atomic E-state index is 0.543. The lowest BCUT2D eigenvalue weighted by molar-refractivity contribution is 0.398. The van der Waals surface area contributed by atoms with E-state index in [1.807, 2.05) is 31.0 Å². The lowest BCUT2D eigenvalue weighted by Gasteiger charge is -2.19. The summed E-state index contributed by atoms with van der Waals surface area (Å²) in [6.07, 6.45) is 0. The van der Waals surface area contributed by atoms with Gasteiger partial charge in [0.25, 0.3) is 0 Å². The Morgan fingerprint density at radius 1 is 1.33 bits per heavy atom. The molecule has 96 valence electrons. The molecule has 0 unspecified atom stereocenters. The highest BCUT2D eigenvalue weighted by molar-refractivity contribution is 5.63. The number of nitrogen functional groups attached to an aromatic ring is 1. The SMILES string of the molecule is COc1ccc(N)c(N(C)Cc2ccc(C)o2)n1. The van der Waals surface area contributed by atoms with E-state index in [1.165, 1.54) is 0 Å². The van der Waals surface area contributed by atoms with E-state index in [9.17, 15) is 0 Å². The maximum absolute atomic E-state index is 5.91. The third-order valence-electron chi connectivity index (χ3n) is 2.64. The van der Waals surface area contributed by atoms with Crippen LogP contribution in [0.1, 0.15) is 11.5 Å². The number of furan rings is 1. The van der Waals surface area contributed by atoms with Crippen LogP contribution in [0.15, 0.2) is 28.7 Å². The Balaban J connectivity index is 2.20. The largest absolute Gasteiger partial charge is 0.481 e. The lowest BCUT2D eigenvalue weighted by atomic mass is 10.3. The summed E-state index contributed by atoms with van der Waals surface area (Å²) in [6.45, 7) is 2.53. The number of rotatable bonds is 4. The van der Waals surface area contributed by atoms with Crippen LogP contribution in [0.5, 0.6) is 5.88 Å². The molecule has 0 bridgehead atoms. The molecule has 0 aliphatic heterocycles. The van der Waals surface area contributed by atoms with Crippen LogP contribution >= 0.6 is 0 Å². The van der Waals surface area contributed by atoms with Gasteiger partial charge < -0.3 is 19.8 Å². The number of nitrogens with two attached hydrogens (primary N) is 1. The van der Waals surface area contributed by atoms with E-state index in [2.05, 4.69) is 4.98 Å². The second kappa shape index (κ2) is 5.00. The molecule has 0 amide bonds. The molecule has 2 aromatic rings. The average Bonchev–Trinajstić information content (AvgIpc) is 2.75. The topological polar surface area (TPSA) is 64.5 Å². The van der Waals surface area contributed by atoms with Crippen LogP contribution in [-0.4, -0.2) is 19.1 Å². The number of aromatic nitrogens is 1. The van der Waals surface area contributed by atoms with Crippen LogP contribution in [0, 0.1) is 6.92 Å². The molecule has 0 saturated carbocycles. The highest BCUT2D eigenvalue weighted by atomic mass is 16.5. The van der Waals surface area contributed by atoms with E-state index < -0.39 is 0 Å². The quantitative estimate of drug-likeness (QED) is 0.897. The van der Waals surface area contributed by atoms with Crippen molar-refractivity contribution in [3.63, 3.8) is 0 Å². The summed E-state index contributed by atoms with van der Waals surface area (Å²) < 4.78 is 10.6. The first-order chi connectivity index (χ1) is 8.60. The monoisotopic (exact) mass is 247 g/mol. The van der Waals surface area contributed by atoms with Crippen LogP contribution in [0.25, 0.3) is 0 Å². The van der Waals surface area contributed by atoms with E-state index in [1.54, 1.807) is 19.2 Å². The molecule has 0 spiro atoms. The maximum Gasteiger partial charge on any atom is 0.215 e. The van der Waals surface area contributed by atoms with E-state index in [0.717, 1.165) is 11.5 Å². The van der Waals surface area contributed by atoms with Crippen LogP contribution in [-0.2, 0) is 6.54 Å². The molecule has 0 saturated heterocycles. The molecule has 2 rings (SSSR count). The smallest absolute Gasteiger partial charge is 0.215 e. The van der Waals surface area contributed by atoms with Crippen molar-refractivity contribution in [2.24, 2.45) is 0 Å². The molecule has 5 nitrogen and oxygen atoms in total. The summed E-state index contributed by atoms with van der Waals surface area (Å²) in [7, 11) is 3.49. The Hall–Kier alpha value is -2.17. The van der Waals surface area contributed by atoms with Gasteiger partial charge in [-0.2, -0.15) is 4.98 Å². The van der Waals surface area contributed by atoms with Gasteiger partial charge in [-0.1, -0.05) is 0 Å². The first kappa shape index (κ1) is 12.3. The number of hydrogen-bond donors (Lipinski definition) is 1. The fourth-order valence-corrected chi connectivity index (χ4v) is 1.74. The predicted octanol–water partition coefficient (Wildman–Crippen LogP) is 2.21. The van der Waals surface area contributed by atoms with Crippen molar-refractivity contribution in [2.45, 2.75) is 13.5 Å². The zero-order chi connectivity index (χ0) is 13.1. The van der Waals surface area contributed by atoms with E-state index >= 15 is 0 Å². The second-order valence-corrected chi connectivity index (χ2v) is 4.13. The van der Waals surface area contributed by atoms with Crippen molar-refractivity contribution in [3.8, 4) is 5.88 Å². The van der Waals surface area contributed by atoms with Crippen LogP contribution in [0.2, 0.25) is 0 Å². The Morgan fingerprint density at radius 2 is 2.11 bits per heavy atom.